The van der Waals surface area contributed by atoms with Crippen LogP contribution in [-0.4, -0.2) is 21.6 Å². The van der Waals surface area contributed by atoms with Gasteiger partial charge in [0.1, 0.15) is 23.2 Å². The van der Waals surface area contributed by atoms with Gasteiger partial charge in [-0.05, 0) is 50.2 Å². The van der Waals surface area contributed by atoms with Crippen LogP contribution in [0.3, 0.4) is 0 Å². The second kappa shape index (κ2) is 8.10. The molecule has 3 rings (SSSR count). The van der Waals surface area contributed by atoms with Crippen LogP contribution in [0, 0.1) is 6.92 Å². The lowest BCUT2D eigenvalue weighted by Gasteiger charge is -2.11. The summed E-state index contributed by atoms with van der Waals surface area (Å²) in [4.78, 5) is 13.1. The molecule has 0 saturated carbocycles. The monoisotopic (exact) mass is 335 g/mol. The number of anilines is 3. The van der Waals surface area contributed by atoms with Gasteiger partial charge in [-0.3, -0.25) is 4.98 Å². The molecule has 2 heterocycles. The fourth-order valence-electron chi connectivity index (χ4n) is 2.36. The van der Waals surface area contributed by atoms with Crippen molar-refractivity contribution in [2.75, 3.05) is 17.2 Å². The van der Waals surface area contributed by atoms with Gasteiger partial charge in [-0.15, -0.1) is 0 Å². The fourth-order valence-corrected chi connectivity index (χ4v) is 2.36. The molecule has 0 radical (unpaired) electrons. The van der Waals surface area contributed by atoms with Crippen LogP contribution in [0.5, 0.6) is 5.75 Å². The molecule has 128 valence electrons. The molecule has 0 aliphatic carbocycles. The van der Waals surface area contributed by atoms with E-state index in [2.05, 4.69) is 25.6 Å². The van der Waals surface area contributed by atoms with Gasteiger partial charge in [-0.25, -0.2) is 9.97 Å². The Hall–Kier alpha value is -3.15. The van der Waals surface area contributed by atoms with Crippen LogP contribution < -0.4 is 15.4 Å². The molecule has 0 aliphatic rings. The third kappa shape index (κ3) is 4.91. The van der Waals surface area contributed by atoms with Crippen molar-refractivity contribution in [3.63, 3.8) is 0 Å². The molecular formula is C19H21N5O. The second-order valence-electron chi connectivity index (χ2n) is 5.44. The largest absolute Gasteiger partial charge is 0.494 e. The Morgan fingerprint density at radius 2 is 1.80 bits per heavy atom. The number of pyridine rings is 1. The maximum absolute atomic E-state index is 5.45. The summed E-state index contributed by atoms with van der Waals surface area (Å²) >= 11 is 0. The van der Waals surface area contributed by atoms with E-state index in [1.165, 1.54) is 0 Å². The lowest BCUT2D eigenvalue weighted by atomic mass is 10.3. The lowest BCUT2D eigenvalue weighted by Crippen LogP contribution is -2.06. The zero-order valence-corrected chi connectivity index (χ0v) is 14.4. The molecule has 3 aromatic rings. The number of hydrogen-bond acceptors (Lipinski definition) is 6. The van der Waals surface area contributed by atoms with Crippen molar-refractivity contribution in [1.29, 1.82) is 0 Å². The standard InChI is InChI=1S/C19H21N5O/c1-3-25-17-9-7-15(8-10-17)24-19-12-18(22-14(2)23-19)21-13-16-6-4-5-11-20-16/h4-12H,3,13H2,1-2H3,(H2,21,22,23,24). The number of nitrogens with zero attached hydrogens (tertiary/aromatic N) is 3. The third-order valence-corrected chi connectivity index (χ3v) is 3.45. The highest BCUT2D eigenvalue weighted by atomic mass is 16.5. The molecule has 0 spiro atoms. The molecule has 1 aromatic carbocycles. The van der Waals surface area contributed by atoms with Crippen molar-refractivity contribution in [3.8, 4) is 5.75 Å². The Balaban J connectivity index is 1.68. The fraction of sp³-hybridized carbons (Fsp3) is 0.211. The van der Waals surface area contributed by atoms with Crippen molar-refractivity contribution >= 4 is 17.3 Å². The first-order chi connectivity index (χ1) is 12.2. The highest BCUT2D eigenvalue weighted by Gasteiger charge is 2.03. The van der Waals surface area contributed by atoms with Gasteiger partial charge in [0.15, 0.2) is 0 Å². The van der Waals surface area contributed by atoms with E-state index in [1.807, 2.05) is 62.4 Å². The summed E-state index contributed by atoms with van der Waals surface area (Å²) in [5, 5.41) is 6.57. The average molecular weight is 335 g/mol. The van der Waals surface area contributed by atoms with Gasteiger partial charge in [0.25, 0.3) is 0 Å². The minimum atomic E-state index is 0.611. The minimum Gasteiger partial charge on any atom is -0.494 e. The average Bonchev–Trinajstić information content (AvgIpc) is 2.62. The van der Waals surface area contributed by atoms with E-state index in [1.54, 1.807) is 6.20 Å². The van der Waals surface area contributed by atoms with E-state index < -0.39 is 0 Å². The Labute approximate surface area is 147 Å². The van der Waals surface area contributed by atoms with Crippen LogP contribution in [0.2, 0.25) is 0 Å². The third-order valence-electron chi connectivity index (χ3n) is 3.45. The molecule has 0 saturated heterocycles. The van der Waals surface area contributed by atoms with E-state index in [-0.39, 0.29) is 0 Å². The highest BCUT2D eigenvalue weighted by Crippen LogP contribution is 2.20. The summed E-state index contributed by atoms with van der Waals surface area (Å²) in [5.41, 5.74) is 1.90. The maximum Gasteiger partial charge on any atom is 0.136 e. The molecule has 6 heteroatoms. The topological polar surface area (TPSA) is 72.0 Å². The van der Waals surface area contributed by atoms with Crippen LogP contribution in [0.25, 0.3) is 0 Å². The number of hydrogen-bond donors (Lipinski definition) is 2. The van der Waals surface area contributed by atoms with Crippen molar-refractivity contribution < 1.29 is 4.74 Å². The summed E-state index contributed by atoms with van der Waals surface area (Å²) in [5.74, 6) is 3.04. The number of aryl methyl sites for hydroxylation is 1. The summed E-state index contributed by atoms with van der Waals surface area (Å²) in [6.07, 6.45) is 1.78. The molecule has 6 nitrogen and oxygen atoms in total. The number of benzene rings is 1. The van der Waals surface area contributed by atoms with Crippen molar-refractivity contribution in [2.45, 2.75) is 20.4 Å². The van der Waals surface area contributed by atoms with E-state index in [0.717, 1.165) is 28.8 Å². The Bertz CT molecular complexity index is 806. The van der Waals surface area contributed by atoms with Crippen molar-refractivity contribution in [1.82, 2.24) is 15.0 Å². The van der Waals surface area contributed by atoms with E-state index in [4.69, 9.17) is 4.74 Å². The van der Waals surface area contributed by atoms with Gasteiger partial charge in [-0.1, -0.05) is 6.07 Å². The predicted molar refractivity (Wildman–Crippen MR) is 99.2 cm³/mol. The SMILES string of the molecule is CCOc1ccc(Nc2cc(NCc3ccccn3)nc(C)n2)cc1. The minimum absolute atomic E-state index is 0.611. The molecular weight excluding hydrogens is 314 g/mol. The zero-order valence-electron chi connectivity index (χ0n) is 14.4. The summed E-state index contributed by atoms with van der Waals surface area (Å²) in [6, 6.07) is 15.5. The second-order valence-corrected chi connectivity index (χ2v) is 5.44. The molecule has 0 amide bonds. The molecule has 0 fully saturated rings. The molecule has 0 atom stereocenters. The zero-order chi connectivity index (χ0) is 17.5. The molecule has 25 heavy (non-hydrogen) atoms. The lowest BCUT2D eigenvalue weighted by molar-refractivity contribution is 0.340. The van der Waals surface area contributed by atoms with Crippen LogP contribution in [0.1, 0.15) is 18.4 Å². The Morgan fingerprint density at radius 3 is 2.52 bits per heavy atom. The normalized spacial score (nSPS) is 10.3. The first kappa shape index (κ1) is 16.7. The van der Waals surface area contributed by atoms with Crippen molar-refractivity contribution in [2.24, 2.45) is 0 Å². The van der Waals surface area contributed by atoms with Crippen LogP contribution in [0.4, 0.5) is 17.3 Å². The van der Waals surface area contributed by atoms with Crippen LogP contribution >= 0.6 is 0 Å². The molecule has 0 unspecified atom stereocenters. The van der Waals surface area contributed by atoms with Gasteiger partial charge in [0.05, 0.1) is 18.8 Å². The summed E-state index contributed by atoms with van der Waals surface area (Å²) < 4.78 is 5.45. The Morgan fingerprint density at radius 1 is 1.00 bits per heavy atom. The van der Waals surface area contributed by atoms with Crippen molar-refractivity contribution in [3.05, 3.63) is 66.2 Å². The summed E-state index contributed by atoms with van der Waals surface area (Å²) in [7, 11) is 0. The van der Waals surface area contributed by atoms with Crippen LogP contribution in [0.15, 0.2) is 54.7 Å². The van der Waals surface area contributed by atoms with Gasteiger partial charge < -0.3 is 15.4 Å². The quantitative estimate of drug-likeness (QED) is 0.681. The van der Waals surface area contributed by atoms with Gasteiger partial charge >= 0.3 is 0 Å². The molecule has 2 N–H and O–H groups in total. The number of aromatic nitrogens is 3. The highest BCUT2D eigenvalue weighted by molar-refractivity contribution is 5.60. The first-order valence-electron chi connectivity index (χ1n) is 8.22. The summed E-state index contributed by atoms with van der Waals surface area (Å²) in [6.45, 7) is 5.10. The van der Waals surface area contributed by atoms with Gasteiger partial charge in [0, 0.05) is 18.0 Å². The van der Waals surface area contributed by atoms with E-state index >= 15 is 0 Å². The Kier molecular flexibility index (Phi) is 5.41. The van der Waals surface area contributed by atoms with E-state index in [0.29, 0.717) is 19.0 Å². The number of ether oxygens (including phenoxy) is 1. The van der Waals surface area contributed by atoms with E-state index in [9.17, 15) is 0 Å². The van der Waals surface area contributed by atoms with Gasteiger partial charge in [0.2, 0.25) is 0 Å². The molecule has 0 aliphatic heterocycles. The molecule has 2 aromatic heterocycles. The van der Waals surface area contributed by atoms with Crippen LogP contribution in [-0.2, 0) is 6.54 Å². The van der Waals surface area contributed by atoms with Gasteiger partial charge in [-0.2, -0.15) is 0 Å². The maximum atomic E-state index is 5.45. The predicted octanol–water partition coefficient (Wildman–Crippen LogP) is 3.93. The number of nitrogens with one attached hydrogen (secondary N) is 2. The first-order valence-corrected chi connectivity index (χ1v) is 8.22. The number of rotatable bonds is 7. The smallest absolute Gasteiger partial charge is 0.136 e. The molecule has 0 bridgehead atoms.